The van der Waals surface area contributed by atoms with Gasteiger partial charge in [0.05, 0.1) is 18.2 Å². The highest BCUT2D eigenvalue weighted by atomic mass is 127. The van der Waals surface area contributed by atoms with E-state index in [1.165, 1.54) is 7.11 Å². The summed E-state index contributed by atoms with van der Waals surface area (Å²) in [6.07, 6.45) is 1.60. The SMILES string of the molecule is CCOc1cc(/C=C2\N=C(c3ccc(I)cc3)OC2=O)cc(Br)c1OCC(=O)OC. The molecule has 0 atom stereocenters. The number of methoxy groups -OCH3 is 1. The molecule has 0 aromatic heterocycles. The third-order valence-electron chi connectivity index (χ3n) is 3.91. The largest absolute Gasteiger partial charge is 0.490 e. The highest BCUT2D eigenvalue weighted by Gasteiger charge is 2.24. The number of hydrogen-bond donors (Lipinski definition) is 0. The Kier molecular flexibility index (Phi) is 7.48. The van der Waals surface area contributed by atoms with E-state index in [2.05, 4.69) is 48.3 Å². The summed E-state index contributed by atoms with van der Waals surface area (Å²) in [5.74, 6) is -0.0209. The van der Waals surface area contributed by atoms with Gasteiger partial charge in [-0.1, -0.05) is 0 Å². The van der Waals surface area contributed by atoms with Gasteiger partial charge in [0.15, 0.2) is 23.8 Å². The first-order valence-corrected chi connectivity index (χ1v) is 10.7. The lowest BCUT2D eigenvalue weighted by Crippen LogP contribution is -2.13. The molecule has 0 bridgehead atoms. The van der Waals surface area contributed by atoms with Crippen molar-refractivity contribution >= 4 is 62.4 Å². The number of nitrogens with zero attached hydrogens (tertiary/aromatic N) is 1. The Labute approximate surface area is 195 Å². The maximum atomic E-state index is 12.3. The van der Waals surface area contributed by atoms with Crippen LogP contribution in [-0.2, 0) is 19.1 Å². The molecule has 0 spiro atoms. The first-order chi connectivity index (χ1) is 14.4. The smallest absolute Gasteiger partial charge is 0.363 e. The van der Waals surface area contributed by atoms with Gasteiger partial charge in [-0.05, 0) is 93.5 Å². The van der Waals surface area contributed by atoms with Gasteiger partial charge in [-0.2, -0.15) is 0 Å². The number of carbonyl (C=O) groups excluding carboxylic acids is 2. The van der Waals surface area contributed by atoms with Crippen molar-refractivity contribution in [2.75, 3.05) is 20.3 Å². The van der Waals surface area contributed by atoms with Crippen molar-refractivity contribution in [1.82, 2.24) is 0 Å². The second kappa shape index (κ2) is 10.1. The van der Waals surface area contributed by atoms with Crippen molar-refractivity contribution in [2.45, 2.75) is 6.92 Å². The van der Waals surface area contributed by atoms with E-state index in [4.69, 9.17) is 14.2 Å². The zero-order valence-corrected chi connectivity index (χ0v) is 19.9. The molecule has 1 heterocycles. The molecule has 0 aliphatic carbocycles. The summed E-state index contributed by atoms with van der Waals surface area (Å²) in [6, 6.07) is 10.9. The van der Waals surface area contributed by atoms with Crippen LogP contribution in [0.4, 0.5) is 0 Å². The number of aliphatic imine (C=N–C) groups is 1. The fourth-order valence-corrected chi connectivity index (χ4v) is 3.48. The third kappa shape index (κ3) is 5.39. The molecule has 0 unspecified atom stereocenters. The Morgan fingerprint density at radius 1 is 1.23 bits per heavy atom. The monoisotopic (exact) mass is 585 g/mol. The van der Waals surface area contributed by atoms with Crippen LogP contribution >= 0.6 is 38.5 Å². The average Bonchev–Trinajstić information content (AvgIpc) is 3.08. The van der Waals surface area contributed by atoms with E-state index in [0.717, 1.165) is 9.13 Å². The van der Waals surface area contributed by atoms with Gasteiger partial charge in [0.2, 0.25) is 5.90 Å². The summed E-state index contributed by atoms with van der Waals surface area (Å²) < 4.78 is 22.7. The Hall–Kier alpha value is -2.40. The van der Waals surface area contributed by atoms with Crippen LogP contribution in [0.25, 0.3) is 6.08 Å². The Balaban J connectivity index is 1.91. The number of ether oxygens (including phenoxy) is 4. The number of rotatable bonds is 7. The molecule has 9 heteroatoms. The molecule has 1 aliphatic rings. The van der Waals surface area contributed by atoms with E-state index >= 15 is 0 Å². The molecule has 0 saturated heterocycles. The van der Waals surface area contributed by atoms with Crippen molar-refractivity contribution in [3.05, 3.63) is 61.3 Å². The Morgan fingerprint density at radius 2 is 1.97 bits per heavy atom. The zero-order valence-electron chi connectivity index (χ0n) is 16.1. The molecule has 156 valence electrons. The van der Waals surface area contributed by atoms with Crippen LogP contribution in [0, 0.1) is 3.57 Å². The summed E-state index contributed by atoms with van der Waals surface area (Å²) in [5, 5.41) is 0. The lowest BCUT2D eigenvalue weighted by Gasteiger charge is -2.14. The topological polar surface area (TPSA) is 83.4 Å². The van der Waals surface area contributed by atoms with Crippen LogP contribution in [0.2, 0.25) is 0 Å². The van der Waals surface area contributed by atoms with Crippen LogP contribution in [0.1, 0.15) is 18.1 Å². The normalized spacial score (nSPS) is 14.3. The van der Waals surface area contributed by atoms with Gasteiger partial charge >= 0.3 is 11.9 Å². The van der Waals surface area contributed by atoms with Crippen LogP contribution in [-0.4, -0.2) is 38.2 Å². The van der Waals surface area contributed by atoms with E-state index in [1.807, 2.05) is 31.2 Å². The lowest BCUT2D eigenvalue weighted by atomic mass is 10.1. The molecule has 0 amide bonds. The maximum Gasteiger partial charge on any atom is 0.363 e. The molecule has 30 heavy (non-hydrogen) atoms. The number of cyclic esters (lactones) is 1. The lowest BCUT2D eigenvalue weighted by molar-refractivity contribution is -0.143. The molecular weight excluding hydrogens is 569 g/mol. The molecule has 3 rings (SSSR count). The fraction of sp³-hybridized carbons (Fsp3) is 0.190. The summed E-state index contributed by atoms with van der Waals surface area (Å²) in [7, 11) is 1.28. The minimum Gasteiger partial charge on any atom is -0.490 e. The maximum absolute atomic E-state index is 12.3. The fourth-order valence-electron chi connectivity index (χ4n) is 2.55. The standard InChI is InChI=1S/C21H17BrINO6/c1-3-28-17-10-12(8-15(22)19(17)29-11-18(25)27-2)9-16-21(26)30-20(24-16)13-4-6-14(23)7-5-13/h4-10H,3,11H2,1-2H3/b16-9-. The Bertz CT molecular complexity index is 1030. The predicted octanol–water partition coefficient (Wildman–Crippen LogP) is 4.35. The first-order valence-electron chi connectivity index (χ1n) is 8.85. The molecule has 1 aliphatic heterocycles. The molecule has 0 radical (unpaired) electrons. The van der Waals surface area contributed by atoms with Gasteiger partial charge in [-0.25, -0.2) is 14.6 Å². The van der Waals surface area contributed by atoms with E-state index in [9.17, 15) is 9.59 Å². The second-order valence-electron chi connectivity index (χ2n) is 5.97. The van der Waals surface area contributed by atoms with Gasteiger partial charge in [0.1, 0.15) is 0 Å². The summed E-state index contributed by atoms with van der Waals surface area (Å²) in [5.41, 5.74) is 1.53. The van der Waals surface area contributed by atoms with Crippen LogP contribution < -0.4 is 9.47 Å². The predicted molar refractivity (Wildman–Crippen MR) is 123 cm³/mol. The van der Waals surface area contributed by atoms with Gasteiger partial charge in [0, 0.05) is 9.13 Å². The number of hydrogen-bond acceptors (Lipinski definition) is 7. The van der Waals surface area contributed by atoms with Gasteiger partial charge in [-0.3, -0.25) is 0 Å². The third-order valence-corrected chi connectivity index (χ3v) is 5.22. The molecule has 2 aromatic rings. The van der Waals surface area contributed by atoms with Crippen LogP contribution in [0.15, 0.2) is 51.6 Å². The summed E-state index contributed by atoms with van der Waals surface area (Å²) >= 11 is 5.62. The molecule has 7 nitrogen and oxygen atoms in total. The minimum atomic E-state index is -0.538. The van der Waals surface area contributed by atoms with E-state index < -0.39 is 11.9 Å². The van der Waals surface area contributed by atoms with E-state index in [0.29, 0.717) is 28.1 Å². The van der Waals surface area contributed by atoms with Gasteiger partial charge in [0.25, 0.3) is 0 Å². The van der Waals surface area contributed by atoms with Crippen molar-refractivity contribution in [2.24, 2.45) is 4.99 Å². The van der Waals surface area contributed by atoms with E-state index in [1.54, 1.807) is 18.2 Å². The quantitative estimate of drug-likeness (QED) is 0.273. The number of esters is 2. The average molecular weight is 586 g/mol. The highest BCUT2D eigenvalue weighted by Crippen LogP contribution is 2.38. The van der Waals surface area contributed by atoms with Crippen molar-refractivity contribution in [3.8, 4) is 11.5 Å². The number of halogens is 2. The summed E-state index contributed by atoms with van der Waals surface area (Å²) in [6.45, 7) is 1.96. The first kappa shape index (κ1) is 22.3. The number of carbonyl (C=O) groups is 2. The zero-order chi connectivity index (χ0) is 21.7. The summed E-state index contributed by atoms with van der Waals surface area (Å²) in [4.78, 5) is 28.0. The molecule has 0 fully saturated rings. The number of benzene rings is 2. The van der Waals surface area contributed by atoms with Crippen LogP contribution in [0.3, 0.4) is 0 Å². The molecule has 0 saturated carbocycles. The van der Waals surface area contributed by atoms with E-state index in [-0.39, 0.29) is 18.2 Å². The van der Waals surface area contributed by atoms with Gasteiger partial charge in [-0.15, -0.1) is 0 Å². The molecule has 0 N–H and O–H groups in total. The highest BCUT2D eigenvalue weighted by molar-refractivity contribution is 14.1. The van der Waals surface area contributed by atoms with Crippen molar-refractivity contribution in [3.63, 3.8) is 0 Å². The minimum absolute atomic E-state index is 0.168. The van der Waals surface area contributed by atoms with Gasteiger partial charge < -0.3 is 18.9 Å². The molecule has 2 aromatic carbocycles. The Morgan fingerprint density at radius 3 is 2.63 bits per heavy atom. The second-order valence-corrected chi connectivity index (χ2v) is 8.07. The van der Waals surface area contributed by atoms with Crippen molar-refractivity contribution < 1.29 is 28.5 Å². The van der Waals surface area contributed by atoms with Crippen molar-refractivity contribution in [1.29, 1.82) is 0 Å². The molecular formula is C21H17BrINO6. The van der Waals surface area contributed by atoms with Crippen LogP contribution in [0.5, 0.6) is 11.5 Å².